The molecule has 1 aromatic carbocycles. The van der Waals surface area contributed by atoms with Crippen molar-refractivity contribution in [2.75, 3.05) is 0 Å². The summed E-state index contributed by atoms with van der Waals surface area (Å²) in [7, 11) is 0. The van der Waals surface area contributed by atoms with Crippen molar-refractivity contribution in [3.8, 4) is 5.75 Å². The summed E-state index contributed by atoms with van der Waals surface area (Å²) in [5, 5.41) is 11.9. The maximum absolute atomic E-state index is 11.8. The van der Waals surface area contributed by atoms with E-state index in [2.05, 4.69) is 10.3 Å². The number of amides is 1. The molecular weight excluding hydrogens is 244 g/mol. The van der Waals surface area contributed by atoms with Crippen LogP contribution in [0, 0.1) is 6.92 Å². The summed E-state index contributed by atoms with van der Waals surface area (Å²) in [6, 6.07) is 9.74. The molecule has 1 aromatic heterocycles. The molecule has 3 N–H and O–H groups in total. The van der Waals surface area contributed by atoms with Gasteiger partial charge >= 0.3 is 0 Å². The third kappa shape index (κ3) is 3.22. The fourth-order valence-electron chi connectivity index (χ4n) is 1.69. The van der Waals surface area contributed by atoms with E-state index in [1.807, 2.05) is 0 Å². The molecule has 0 spiro atoms. The van der Waals surface area contributed by atoms with Crippen LogP contribution in [-0.4, -0.2) is 16.0 Å². The Hall–Kier alpha value is -2.56. The molecule has 0 saturated heterocycles. The van der Waals surface area contributed by atoms with E-state index in [4.69, 9.17) is 0 Å². The highest BCUT2D eigenvalue weighted by Gasteiger charge is 2.09. The number of carbonyl (C=O) groups excluding carboxylic acids is 1. The van der Waals surface area contributed by atoms with Crippen LogP contribution in [0.3, 0.4) is 0 Å². The van der Waals surface area contributed by atoms with E-state index in [0.717, 1.165) is 5.56 Å². The second-order valence-electron chi connectivity index (χ2n) is 4.24. The third-order valence-corrected chi connectivity index (χ3v) is 2.66. The van der Waals surface area contributed by atoms with Gasteiger partial charge in [0.2, 0.25) is 0 Å². The molecule has 19 heavy (non-hydrogen) atoms. The molecule has 5 nitrogen and oxygen atoms in total. The topological polar surface area (TPSA) is 82.2 Å². The van der Waals surface area contributed by atoms with Crippen molar-refractivity contribution in [1.82, 2.24) is 10.3 Å². The average molecular weight is 258 g/mol. The fourth-order valence-corrected chi connectivity index (χ4v) is 1.69. The highest BCUT2D eigenvalue weighted by molar-refractivity contribution is 5.93. The summed E-state index contributed by atoms with van der Waals surface area (Å²) in [5.74, 6) is -0.301. The maximum atomic E-state index is 11.8. The SMILES string of the molecule is Cc1ccc(C(=O)NCc2cccc(O)c2)c(=O)[nH]1. The van der Waals surface area contributed by atoms with Crippen LogP contribution in [-0.2, 0) is 6.54 Å². The number of pyridine rings is 1. The Balaban J connectivity index is 2.07. The Morgan fingerprint density at radius 3 is 2.79 bits per heavy atom. The van der Waals surface area contributed by atoms with E-state index in [9.17, 15) is 14.7 Å². The van der Waals surface area contributed by atoms with Crippen LogP contribution in [0.25, 0.3) is 0 Å². The van der Waals surface area contributed by atoms with Crippen molar-refractivity contribution in [3.05, 3.63) is 63.6 Å². The molecule has 1 amide bonds. The summed E-state index contributed by atoms with van der Waals surface area (Å²) in [4.78, 5) is 26.0. The number of H-pyrrole nitrogens is 1. The number of phenols is 1. The average Bonchev–Trinajstić information content (AvgIpc) is 2.36. The normalized spacial score (nSPS) is 10.2. The lowest BCUT2D eigenvalue weighted by Crippen LogP contribution is -2.29. The number of aromatic hydroxyl groups is 1. The van der Waals surface area contributed by atoms with Crippen molar-refractivity contribution in [1.29, 1.82) is 0 Å². The molecule has 0 unspecified atom stereocenters. The van der Waals surface area contributed by atoms with Crippen LogP contribution in [0.4, 0.5) is 0 Å². The Labute approximate surface area is 109 Å². The van der Waals surface area contributed by atoms with Crippen molar-refractivity contribution >= 4 is 5.91 Å². The highest BCUT2D eigenvalue weighted by Crippen LogP contribution is 2.10. The molecule has 0 atom stereocenters. The van der Waals surface area contributed by atoms with Crippen LogP contribution < -0.4 is 10.9 Å². The highest BCUT2D eigenvalue weighted by atomic mass is 16.3. The first-order chi connectivity index (χ1) is 9.06. The number of benzene rings is 1. The maximum Gasteiger partial charge on any atom is 0.260 e. The Morgan fingerprint density at radius 2 is 2.11 bits per heavy atom. The van der Waals surface area contributed by atoms with Crippen LogP contribution in [0.15, 0.2) is 41.2 Å². The Morgan fingerprint density at radius 1 is 1.32 bits per heavy atom. The Bertz CT molecular complexity index is 662. The van der Waals surface area contributed by atoms with Gasteiger partial charge in [-0.3, -0.25) is 9.59 Å². The second kappa shape index (κ2) is 5.39. The number of hydrogen-bond acceptors (Lipinski definition) is 3. The fraction of sp³-hybridized carbons (Fsp3) is 0.143. The number of aromatic nitrogens is 1. The lowest BCUT2D eigenvalue weighted by Gasteiger charge is -2.05. The first-order valence-electron chi connectivity index (χ1n) is 5.82. The van der Waals surface area contributed by atoms with Crippen molar-refractivity contribution in [2.24, 2.45) is 0 Å². The van der Waals surface area contributed by atoms with Gasteiger partial charge in [0.15, 0.2) is 0 Å². The van der Waals surface area contributed by atoms with E-state index in [-0.39, 0.29) is 17.9 Å². The number of hydrogen-bond donors (Lipinski definition) is 3. The van der Waals surface area contributed by atoms with E-state index in [1.54, 1.807) is 37.3 Å². The van der Waals surface area contributed by atoms with Gasteiger partial charge in [-0.05, 0) is 36.8 Å². The van der Waals surface area contributed by atoms with Crippen LogP contribution in [0.1, 0.15) is 21.6 Å². The van der Waals surface area contributed by atoms with Gasteiger partial charge in [-0.25, -0.2) is 0 Å². The minimum Gasteiger partial charge on any atom is -0.508 e. The standard InChI is InChI=1S/C14H14N2O3/c1-9-5-6-12(14(19)16-9)13(18)15-8-10-3-2-4-11(17)7-10/h2-7,17H,8H2,1H3,(H,15,18)(H,16,19). The second-order valence-corrected chi connectivity index (χ2v) is 4.24. The van der Waals surface area contributed by atoms with Gasteiger partial charge in [-0.15, -0.1) is 0 Å². The van der Waals surface area contributed by atoms with Gasteiger partial charge < -0.3 is 15.4 Å². The predicted molar refractivity (Wildman–Crippen MR) is 71.1 cm³/mol. The lowest BCUT2D eigenvalue weighted by atomic mass is 10.2. The molecule has 0 aliphatic rings. The molecular formula is C14H14N2O3. The smallest absolute Gasteiger partial charge is 0.260 e. The van der Waals surface area contributed by atoms with E-state index >= 15 is 0 Å². The molecule has 98 valence electrons. The largest absolute Gasteiger partial charge is 0.508 e. The van der Waals surface area contributed by atoms with Gasteiger partial charge in [-0.2, -0.15) is 0 Å². The monoisotopic (exact) mass is 258 g/mol. The zero-order chi connectivity index (χ0) is 13.8. The quantitative estimate of drug-likeness (QED) is 0.776. The number of rotatable bonds is 3. The molecule has 0 bridgehead atoms. The summed E-state index contributed by atoms with van der Waals surface area (Å²) >= 11 is 0. The van der Waals surface area contributed by atoms with Gasteiger partial charge in [0, 0.05) is 12.2 Å². The van der Waals surface area contributed by atoms with E-state index in [1.165, 1.54) is 6.07 Å². The number of phenolic OH excluding ortho intramolecular Hbond substituents is 1. The molecule has 0 aliphatic carbocycles. The third-order valence-electron chi connectivity index (χ3n) is 2.66. The number of nitrogens with one attached hydrogen (secondary N) is 2. The molecule has 0 aliphatic heterocycles. The minimum absolute atomic E-state index is 0.0748. The molecule has 5 heteroatoms. The van der Waals surface area contributed by atoms with E-state index in [0.29, 0.717) is 5.69 Å². The molecule has 1 heterocycles. The summed E-state index contributed by atoms with van der Waals surface area (Å²) in [5.41, 5.74) is 1.13. The predicted octanol–water partition coefficient (Wildman–Crippen LogP) is 1.32. The van der Waals surface area contributed by atoms with Crippen LogP contribution in [0.2, 0.25) is 0 Å². The van der Waals surface area contributed by atoms with Gasteiger partial charge in [0.25, 0.3) is 11.5 Å². The number of aromatic amines is 1. The molecule has 2 rings (SSSR count). The molecule has 0 fully saturated rings. The van der Waals surface area contributed by atoms with Gasteiger partial charge in [-0.1, -0.05) is 12.1 Å². The lowest BCUT2D eigenvalue weighted by molar-refractivity contribution is 0.0949. The molecule has 2 aromatic rings. The van der Waals surface area contributed by atoms with Crippen LogP contribution in [0.5, 0.6) is 5.75 Å². The van der Waals surface area contributed by atoms with Crippen molar-refractivity contribution in [3.63, 3.8) is 0 Å². The van der Waals surface area contributed by atoms with Crippen LogP contribution >= 0.6 is 0 Å². The summed E-state index contributed by atoms with van der Waals surface area (Å²) in [6.45, 7) is 2.00. The summed E-state index contributed by atoms with van der Waals surface area (Å²) in [6.07, 6.45) is 0. The Kier molecular flexibility index (Phi) is 3.66. The first kappa shape index (κ1) is 12.9. The van der Waals surface area contributed by atoms with Gasteiger partial charge in [0.1, 0.15) is 11.3 Å². The van der Waals surface area contributed by atoms with E-state index < -0.39 is 11.5 Å². The first-order valence-corrected chi connectivity index (χ1v) is 5.82. The minimum atomic E-state index is -0.440. The number of aryl methyl sites for hydroxylation is 1. The van der Waals surface area contributed by atoms with Crippen molar-refractivity contribution < 1.29 is 9.90 Å². The van der Waals surface area contributed by atoms with Gasteiger partial charge in [0.05, 0.1) is 0 Å². The molecule has 0 saturated carbocycles. The molecule has 0 radical (unpaired) electrons. The van der Waals surface area contributed by atoms with Crippen molar-refractivity contribution in [2.45, 2.75) is 13.5 Å². The zero-order valence-corrected chi connectivity index (χ0v) is 10.4. The zero-order valence-electron chi connectivity index (χ0n) is 10.4. The summed E-state index contributed by atoms with van der Waals surface area (Å²) < 4.78 is 0. The number of carbonyl (C=O) groups is 1.